The number of benzene rings is 2. The van der Waals surface area contributed by atoms with Crippen molar-refractivity contribution in [2.45, 2.75) is 32.7 Å². The molecule has 5 nitrogen and oxygen atoms in total. The number of nitrogens with zero attached hydrogens (tertiary/aromatic N) is 1. The third-order valence-corrected chi connectivity index (χ3v) is 3.34. The highest BCUT2D eigenvalue weighted by molar-refractivity contribution is 5.64. The molecule has 0 saturated heterocycles. The number of para-hydroxylation sites is 2. The number of rotatable bonds is 6. The molecule has 0 aliphatic carbocycles. The van der Waals surface area contributed by atoms with Crippen molar-refractivity contribution in [1.82, 2.24) is 0 Å². The van der Waals surface area contributed by atoms with E-state index in [1.165, 1.54) is 0 Å². The summed E-state index contributed by atoms with van der Waals surface area (Å²) in [6.45, 7) is 3.55. The average Bonchev–Trinajstić information content (AvgIpc) is 2.56. The molecule has 0 radical (unpaired) electrons. The van der Waals surface area contributed by atoms with Crippen molar-refractivity contribution >= 4 is 11.8 Å². The standard InChI is InChI=1S/C18H21NO4/c1-3-17(20)19(15-10-6-4-7-11-15)14(2)22-18(21)23-16-12-8-5-9-13-16/h4-14,17,20H,3H2,1-2H3. The summed E-state index contributed by atoms with van der Waals surface area (Å²) in [5.74, 6) is 0.409. The van der Waals surface area contributed by atoms with Gasteiger partial charge in [0.25, 0.3) is 0 Å². The Labute approximate surface area is 136 Å². The van der Waals surface area contributed by atoms with E-state index in [0.29, 0.717) is 12.2 Å². The second-order valence-corrected chi connectivity index (χ2v) is 5.01. The maximum absolute atomic E-state index is 11.9. The van der Waals surface area contributed by atoms with Gasteiger partial charge in [0.1, 0.15) is 12.0 Å². The number of hydrogen-bond acceptors (Lipinski definition) is 5. The van der Waals surface area contributed by atoms with E-state index in [2.05, 4.69) is 0 Å². The topological polar surface area (TPSA) is 59.0 Å². The van der Waals surface area contributed by atoms with Gasteiger partial charge in [0.05, 0.1) is 0 Å². The molecular formula is C18H21NO4. The minimum Gasteiger partial charge on any atom is -0.410 e. The van der Waals surface area contributed by atoms with E-state index >= 15 is 0 Å². The molecule has 0 heterocycles. The lowest BCUT2D eigenvalue weighted by atomic mass is 10.2. The average molecular weight is 315 g/mol. The fourth-order valence-electron chi connectivity index (χ4n) is 2.23. The highest BCUT2D eigenvalue weighted by atomic mass is 16.7. The molecule has 2 atom stereocenters. The molecule has 2 unspecified atom stereocenters. The molecule has 2 aromatic carbocycles. The van der Waals surface area contributed by atoms with Gasteiger partial charge >= 0.3 is 6.16 Å². The molecule has 0 aromatic heterocycles. The highest BCUT2D eigenvalue weighted by Gasteiger charge is 2.24. The lowest BCUT2D eigenvalue weighted by Crippen LogP contribution is -2.44. The first-order valence-corrected chi connectivity index (χ1v) is 7.56. The lowest BCUT2D eigenvalue weighted by Gasteiger charge is -2.34. The largest absolute Gasteiger partial charge is 0.515 e. The first kappa shape index (κ1) is 16.8. The van der Waals surface area contributed by atoms with Crippen LogP contribution in [0.2, 0.25) is 0 Å². The number of aliphatic hydroxyl groups excluding tert-OH is 1. The van der Waals surface area contributed by atoms with Gasteiger partial charge in [-0.15, -0.1) is 0 Å². The van der Waals surface area contributed by atoms with Crippen LogP contribution in [0.25, 0.3) is 0 Å². The van der Waals surface area contributed by atoms with E-state index in [1.807, 2.05) is 43.3 Å². The second kappa shape index (κ2) is 8.19. The first-order chi connectivity index (χ1) is 11.1. The van der Waals surface area contributed by atoms with Crippen molar-refractivity contribution in [3.05, 3.63) is 60.7 Å². The number of hydrogen-bond donors (Lipinski definition) is 1. The number of ether oxygens (including phenoxy) is 2. The van der Waals surface area contributed by atoms with Crippen molar-refractivity contribution < 1.29 is 19.4 Å². The van der Waals surface area contributed by atoms with Crippen molar-refractivity contribution in [3.63, 3.8) is 0 Å². The minimum absolute atomic E-state index is 0.409. The highest BCUT2D eigenvalue weighted by Crippen LogP contribution is 2.21. The summed E-state index contributed by atoms with van der Waals surface area (Å²) in [6, 6.07) is 18.0. The van der Waals surface area contributed by atoms with Crippen LogP contribution < -0.4 is 9.64 Å². The molecule has 0 amide bonds. The molecule has 5 heteroatoms. The first-order valence-electron chi connectivity index (χ1n) is 7.56. The van der Waals surface area contributed by atoms with Crippen molar-refractivity contribution in [2.75, 3.05) is 4.90 Å². The van der Waals surface area contributed by atoms with Gasteiger partial charge in [0.2, 0.25) is 0 Å². The number of carbonyl (C=O) groups excluding carboxylic acids is 1. The smallest absolute Gasteiger partial charge is 0.410 e. The van der Waals surface area contributed by atoms with Crippen LogP contribution in [0.5, 0.6) is 5.75 Å². The summed E-state index contributed by atoms with van der Waals surface area (Å²) in [5.41, 5.74) is 0.766. The zero-order valence-corrected chi connectivity index (χ0v) is 13.3. The van der Waals surface area contributed by atoms with Crippen LogP contribution in [-0.2, 0) is 4.74 Å². The molecule has 0 bridgehead atoms. The van der Waals surface area contributed by atoms with Gasteiger partial charge in [0, 0.05) is 5.69 Å². The summed E-state index contributed by atoms with van der Waals surface area (Å²) in [6.07, 6.45) is -1.76. The zero-order valence-electron chi connectivity index (χ0n) is 13.3. The molecule has 0 spiro atoms. The van der Waals surface area contributed by atoms with Gasteiger partial charge in [-0.3, -0.25) is 0 Å². The number of anilines is 1. The van der Waals surface area contributed by atoms with E-state index < -0.39 is 18.6 Å². The Morgan fingerprint density at radius 3 is 2.22 bits per heavy atom. The Hall–Kier alpha value is -2.53. The van der Waals surface area contributed by atoms with E-state index in [1.54, 1.807) is 36.1 Å². The molecule has 0 saturated carbocycles. The fourth-order valence-corrected chi connectivity index (χ4v) is 2.23. The summed E-state index contributed by atoms with van der Waals surface area (Å²) < 4.78 is 10.4. The fraction of sp³-hybridized carbons (Fsp3) is 0.278. The predicted octanol–water partition coefficient (Wildman–Crippen LogP) is 3.78. The van der Waals surface area contributed by atoms with Gasteiger partial charge in [-0.2, -0.15) is 0 Å². The molecule has 1 N–H and O–H groups in total. The predicted molar refractivity (Wildman–Crippen MR) is 88.2 cm³/mol. The Bertz CT molecular complexity index is 603. The van der Waals surface area contributed by atoms with E-state index in [9.17, 15) is 9.90 Å². The van der Waals surface area contributed by atoms with Crippen molar-refractivity contribution in [1.29, 1.82) is 0 Å². The summed E-state index contributed by atoms with van der Waals surface area (Å²) in [5, 5.41) is 10.2. The van der Waals surface area contributed by atoms with Gasteiger partial charge in [-0.05, 0) is 37.6 Å². The maximum Gasteiger partial charge on any atom is 0.515 e. The molecule has 0 fully saturated rings. The molecule has 2 rings (SSSR count). The second-order valence-electron chi connectivity index (χ2n) is 5.01. The third-order valence-electron chi connectivity index (χ3n) is 3.34. The Morgan fingerprint density at radius 2 is 1.65 bits per heavy atom. The molecule has 23 heavy (non-hydrogen) atoms. The van der Waals surface area contributed by atoms with Crippen LogP contribution >= 0.6 is 0 Å². The Balaban J connectivity index is 2.06. The van der Waals surface area contributed by atoms with Gasteiger partial charge in [-0.1, -0.05) is 43.3 Å². The molecule has 122 valence electrons. The van der Waals surface area contributed by atoms with Crippen LogP contribution in [0.3, 0.4) is 0 Å². The van der Waals surface area contributed by atoms with Crippen molar-refractivity contribution in [3.8, 4) is 5.75 Å². The third kappa shape index (κ3) is 4.72. The summed E-state index contributed by atoms with van der Waals surface area (Å²) in [4.78, 5) is 13.5. The molecule has 0 aliphatic heterocycles. The summed E-state index contributed by atoms with van der Waals surface area (Å²) in [7, 11) is 0. The van der Waals surface area contributed by atoms with Gasteiger partial charge in [0.15, 0.2) is 6.23 Å². The normalized spacial score (nSPS) is 13.0. The van der Waals surface area contributed by atoms with Crippen LogP contribution in [0, 0.1) is 0 Å². The molecule has 2 aromatic rings. The van der Waals surface area contributed by atoms with E-state index in [-0.39, 0.29) is 0 Å². The van der Waals surface area contributed by atoms with Crippen LogP contribution in [0.15, 0.2) is 60.7 Å². The maximum atomic E-state index is 11.9. The van der Waals surface area contributed by atoms with Crippen LogP contribution in [-0.4, -0.2) is 23.7 Å². The number of aliphatic hydroxyl groups is 1. The van der Waals surface area contributed by atoms with Crippen LogP contribution in [0.4, 0.5) is 10.5 Å². The zero-order chi connectivity index (χ0) is 16.7. The molecular weight excluding hydrogens is 294 g/mol. The van der Waals surface area contributed by atoms with E-state index in [4.69, 9.17) is 9.47 Å². The summed E-state index contributed by atoms with van der Waals surface area (Å²) >= 11 is 0. The van der Waals surface area contributed by atoms with E-state index in [0.717, 1.165) is 5.69 Å². The molecule has 0 aliphatic rings. The Morgan fingerprint density at radius 1 is 1.09 bits per heavy atom. The number of carbonyl (C=O) groups is 1. The van der Waals surface area contributed by atoms with Crippen LogP contribution in [0.1, 0.15) is 20.3 Å². The quantitative estimate of drug-likeness (QED) is 0.499. The van der Waals surface area contributed by atoms with Crippen molar-refractivity contribution in [2.24, 2.45) is 0 Å². The monoisotopic (exact) mass is 315 g/mol. The van der Waals surface area contributed by atoms with Gasteiger partial charge < -0.3 is 19.5 Å². The SMILES string of the molecule is CCC(O)N(c1ccccc1)C(C)OC(=O)Oc1ccccc1. The Kier molecular flexibility index (Phi) is 6.00. The van der Waals surface area contributed by atoms with Gasteiger partial charge in [-0.25, -0.2) is 4.79 Å². The minimum atomic E-state index is -0.812. The lowest BCUT2D eigenvalue weighted by molar-refractivity contribution is 0.0385.